The van der Waals surface area contributed by atoms with Crippen molar-refractivity contribution < 1.29 is 4.74 Å². The highest BCUT2D eigenvalue weighted by molar-refractivity contribution is 5.84. The van der Waals surface area contributed by atoms with Crippen LogP contribution in [0.3, 0.4) is 0 Å². The van der Waals surface area contributed by atoms with E-state index in [4.69, 9.17) is 4.74 Å². The van der Waals surface area contributed by atoms with Crippen molar-refractivity contribution in [2.24, 2.45) is 0 Å². The van der Waals surface area contributed by atoms with Crippen LogP contribution in [0.15, 0.2) is 24.4 Å². The van der Waals surface area contributed by atoms with Crippen molar-refractivity contribution in [3.8, 4) is 5.75 Å². The topological polar surface area (TPSA) is 28.3 Å². The van der Waals surface area contributed by atoms with E-state index in [1.807, 2.05) is 12.1 Å². The number of nitrogens with zero attached hydrogens (tertiary/aromatic N) is 1. The van der Waals surface area contributed by atoms with Gasteiger partial charge in [-0.05, 0) is 37.7 Å². The van der Waals surface area contributed by atoms with Crippen LogP contribution in [-0.4, -0.2) is 37.1 Å². The van der Waals surface area contributed by atoms with Gasteiger partial charge in [0.15, 0.2) is 0 Å². The second kappa shape index (κ2) is 5.23. The molecule has 0 aliphatic carbocycles. The van der Waals surface area contributed by atoms with Crippen LogP contribution in [0.5, 0.6) is 5.75 Å². The third-order valence-electron chi connectivity index (χ3n) is 3.28. The van der Waals surface area contributed by atoms with Crippen LogP contribution in [0, 0.1) is 0 Å². The Morgan fingerprint density at radius 2 is 2.18 bits per heavy atom. The molecule has 1 N–H and O–H groups in total. The molecule has 2 aromatic rings. The summed E-state index contributed by atoms with van der Waals surface area (Å²) in [5.41, 5.74) is 2.53. The minimum atomic E-state index is 0.900. The fourth-order valence-corrected chi connectivity index (χ4v) is 1.97. The molecule has 0 unspecified atom stereocenters. The maximum absolute atomic E-state index is 5.22. The predicted molar refractivity (Wildman–Crippen MR) is 71.7 cm³/mol. The molecule has 0 bridgehead atoms. The molecule has 2 rings (SSSR count). The second-order valence-corrected chi connectivity index (χ2v) is 4.37. The predicted octanol–water partition coefficient (Wildman–Crippen LogP) is 2.67. The fourth-order valence-electron chi connectivity index (χ4n) is 1.97. The largest absolute Gasteiger partial charge is 0.497 e. The standard InChI is InChI=1S/C14H20N2O/c1-4-16(2)8-7-11-10-15-14-9-12(17-3)5-6-13(11)14/h5-6,9-10,15H,4,7-8H2,1-3H3. The van der Waals surface area contributed by atoms with Crippen molar-refractivity contribution >= 4 is 10.9 Å². The van der Waals surface area contributed by atoms with E-state index in [9.17, 15) is 0 Å². The first-order chi connectivity index (χ1) is 8.24. The Morgan fingerprint density at radius 3 is 2.88 bits per heavy atom. The summed E-state index contributed by atoms with van der Waals surface area (Å²) in [6.45, 7) is 4.37. The first kappa shape index (κ1) is 12.0. The number of ether oxygens (including phenoxy) is 1. The summed E-state index contributed by atoms with van der Waals surface area (Å²) >= 11 is 0. The first-order valence-corrected chi connectivity index (χ1v) is 6.07. The van der Waals surface area contributed by atoms with Crippen molar-refractivity contribution in [2.75, 3.05) is 27.2 Å². The molecule has 92 valence electrons. The number of aromatic amines is 1. The van der Waals surface area contributed by atoms with Gasteiger partial charge in [-0.2, -0.15) is 0 Å². The van der Waals surface area contributed by atoms with Crippen LogP contribution in [0.25, 0.3) is 10.9 Å². The Hall–Kier alpha value is -1.48. The summed E-state index contributed by atoms with van der Waals surface area (Å²) in [5, 5.41) is 1.30. The summed E-state index contributed by atoms with van der Waals surface area (Å²) in [4.78, 5) is 5.63. The van der Waals surface area contributed by atoms with E-state index in [1.165, 1.54) is 10.9 Å². The maximum Gasteiger partial charge on any atom is 0.120 e. The Labute approximate surface area is 102 Å². The van der Waals surface area contributed by atoms with Crippen molar-refractivity contribution in [2.45, 2.75) is 13.3 Å². The molecule has 1 aromatic carbocycles. The van der Waals surface area contributed by atoms with Crippen LogP contribution >= 0.6 is 0 Å². The average molecular weight is 232 g/mol. The average Bonchev–Trinajstić information content (AvgIpc) is 2.77. The third kappa shape index (κ3) is 2.61. The van der Waals surface area contributed by atoms with Crippen LogP contribution in [0.1, 0.15) is 12.5 Å². The Kier molecular flexibility index (Phi) is 3.69. The molecule has 0 radical (unpaired) electrons. The van der Waals surface area contributed by atoms with Crippen LogP contribution in [0.4, 0.5) is 0 Å². The van der Waals surface area contributed by atoms with E-state index in [-0.39, 0.29) is 0 Å². The van der Waals surface area contributed by atoms with Crippen molar-refractivity contribution in [3.05, 3.63) is 30.0 Å². The molecule has 0 aliphatic rings. The maximum atomic E-state index is 5.22. The van der Waals surface area contributed by atoms with Gasteiger partial charge in [0.1, 0.15) is 5.75 Å². The number of hydrogen-bond acceptors (Lipinski definition) is 2. The van der Waals surface area contributed by atoms with Gasteiger partial charge in [-0.1, -0.05) is 6.92 Å². The smallest absolute Gasteiger partial charge is 0.120 e. The summed E-state index contributed by atoms with van der Waals surface area (Å²) in [7, 11) is 3.85. The molecule has 0 atom stereocenters. The second-order valence-electron chi connectivity index (χ2n) is 4.37. The lowest BCUT2D eigenvalue weighted by Crippen LogP contribution is -2.20. The highest BCUT2D eigenvalue weighted by atomic mass is 16.5. The molecule has 1 heterocycles. The number of methoxy groups -OCH3 is 1. The van der Waals surface area contributed by atoms with E-state index >= 15 is 0 Å². The van der Waals surface area contributed by atoms with Gasteiger partial charge in [-0.3, -0.25) is 0 Å². The summed E-state index contributed by atoms with van der Waals surface area (Å²) in [6.07, 6.45) is 3.18. The third-order valence-corrected chi connectivity index (χ3v) is 3.28. The van der Waals surface area contributed by atoms with Gasteiger partial charge >= 0.3 is 0 Å². The number of rotatable bonds is 5. The van der Waals surface area contributed by atoms with Gasteiger partial charge < -0.3 is 14.6 Å². The van der Waals surface area contributed by atoms with Gasteiger partial charge in [-0.25, -0.2) is 0 Å². The molecule has 0 spiro atoms. The lowest BCUT2D eigenvalue weighted by molar-refractivity contribution is 0.358. The van der Waals surface area contributed by atoms with E-state index in [0.29, 0.717) is 0 Å². The number of hydrogen-bond donors (Lipinski definition) is 1. The summed E-state index contributed by atoms with van der Waals surface area (Å²) in [5.74, 6) is 0.900. The quantitative estimate of drug-likeness (QED) is 0.858. The van der Waals surface area contributed by atoms with Gasteiger partial charge in [0, 0.05) is 29.7 Å². The van der Waals surface area contributed by atoms with E-state index < -0.39 is 0 Å². The van der Waals surface area contributed by atoms with Crippen LogP contribution < -0.4 is 4.74 Å². The minimum absolute atomic E-state index is 0.900. The molecule has 3 heteroatoms. The molecular weight excluding hydrogens is 212 g/mol. The fraction of sp³-hybridized carbons (Fsp3) is 0.429. The minimum Gasteiger partial charge on any atom is -0.497 e. The highest BCUT2D eigenvalue weighted by Crippen LogP contribution is 2.23. The lowest BCUT2D eigenvalue weighted by Gasteiger charge is -2.12. The van der Waals surface area contributed by atoms with Crippen LogP contribution in [-0.2, 0) is 6.42 Å². The van der Waals surface area contributed by atoms with Crippen molar-refractivity contribution in [1.82, 2.24) is 9.88 Å². The number of likely N-dealkylation sites (N-methyl/N-ethyl adjacent to an activating group) is 1. The van der Waals surface area contributed by atoms with Gasteiger partial charge in [0.2, 0.25) is 0 Å². The molecule has 0 amide bonds. The van der Waals surface area contributed by atoms with Gasteiger partial charge in [0.05, 0.1) is 7.11 Å². The number of H-pyrrole nitrogens is 1. The summed E-state index contributed by atoms with van der Waals surface area (Å²) in [6, 6.07) is 6.19. The normalized spacial score (nSPS) is 11.3. The Bertz CT molecular complexity index is 490. The molecular formula is C14H20N2O. The molecule has 0 saturated carbocycles. The molecule has 3 nitrogen and oxygen atoms in total. The molecule has 0 fully saturated rings. The van der Waals surface area contributed by atoms with Crippen LogP contribution in [0.2, 0.25) is 0 Å². The van der Waals surface area contributed by atoms with E-state index in [2.05, 4.69) is 36.1 Å². The summed E-state index contributed by atoms with van der Waals surface area (Å²) < 4.78 is 5.22. The highest BCUT2D eigenvalue weighted by Gasteiger charge is 2.05. The Balaban J connectivity index is 2.18. The van der Waals surface area contributed by atoms with Gasteiger partial charge in [-0.15, -0.1) is 0 Å². The van der Waals surface area contributed by atoms with Gasteiger partial charge in [0.25, 0.3) is 0 Å². The van der Waals surface area contributed by atoms with E-state index in [1.54, 1.807) is 7.11 Å². The van der Waals surface area contributed by atoms with Crippen molar-refractivity contribution in [3.63, 3.8) is 0 Å². The molecule has 1 aromatic heterocycles. The van der Waals surface area contributed by atoms with Crippen molar-refractivity contribution in [1.29, 1.82) is 0 Å². The molecule has 0 aliphatic heterocycles. The monoisotopic (exact) mass is 232 g/mol. The molecule has 17 heavy (non-hydrogen) atoms. The zero-order chi connectivity index (χ0) is 12.3. The lowest BCUT2D eigenvalue weighted by atomic mass is 10.1. The van der Waals surface area contributed by atoms with E-state index in [0.717, 1.165) is 30.8 Å². The number of benzene rings is 1. The SMILES string of the molecule is CCN(C)CCc1c[nH]c2cc(OC)ccc12. The zero-order valence-corrected chi connectivity index (χ0v) is 10.8. The first-order valence-electron chi connectivity index (χ1n) is 6.07. The zero-order valence-electron chi connectivity index (χ0n) is 10.8. The Morgan fingerprint density at radius 1 is 1.35 bits per heavy atom. The molecule has 0 saturated heterocycles. The number of nitrogens with one attached hydrogen (secondary N) is 1. The number of aromatic nitrogens is 1. The number of fused-ring (bicyclic) bond motifs is 1.